The van der Waals surface area contributed by atoms with Crippen LogP contribution in [0.1, 0.15) is 6.92 Å². The van der Waals surface area contributed by atoms with E-state index in [4.69, 9.17) is 21.4 Å². The molecule has 0 aliphatic heterocycles. The molecule has 3 N–H and O–H groups in total. The van der Waals surface area contributed by atoms with Crippen LogP contribution in [0.5, 0.6) is 5.75 Å². The van der Waals surface area contributed by atoms with E-state index >= 15 is 0 Å². The number of rotatable bonds is 5. The number of benzene rings is 2. The Morgan fingerprint density at radius 3 is 2.65 bits per heavy atom. The van der Waals surface area contributed by atoms with E-state index in [1.807, 2.05) is 30.3 Å². The van der Waals surface area contributed by atoms with Gasteiger partial charge in [-0.15, -0.1) is 0 Å². The van der Waals surface area contributed by atoms with Gasteiger partial charge in [-0.2, -0.15) is 0 Å². The van der Waals surface area contributed by atoms with Crippen LogP contribution in [0.2, 0.25) is 0 Å². The van der Waals surface area contributed by atoms with E-state index in [0.29, 0.717) is 5.75 Å². The number of hydrogen-bond acceptors (Lipinski definition) is 3. The fourth-order valence-electron chi connectivity index (χ4n) is 1.73. The van der Waals surface area contributed by atoms with Crippen LogP contribution >= 0.6 is 6.64 Å². The van der Waals surface area contributed by atoms with E-state index in [0.717, 1.165) is 10.8 Å². The highest BCUT2D eigenvalue weighted by Crippen LogP contribution is 2.41. The number of carboxylic acids is 1. The molecular formula is C13H14NO4PS. The van der Waals surface area contributed by atoms with Crippen molar-refractivity contribution >= 4 is 35.2 Å². The first-order valence-electron chi connectivity index (χ1n) is 5.90. The zero-order chi connectivity index (χ0) is 14.8. The number of nitrogens with one attached hydrogen (secondary N) is 1. The topological polar surface area (TPSA) is 78.8 Å². The zero-order valence-corrected chi connectivity index (χ0v) is 12.4. The third-order valence-electron chi connectivity index (χ3n) is 2.70. The van der Waals surface area contributed by atoms with Crippen LogP contribution in [0, 0.1) is 0 Å². The van der Waals surface area contributed by atoms with Crippen molar-refractivity contribution < 1.29 is 19.3 Å². The second-order valence-corrected chi connectivity index (χ2v) is 7.24. The lowest BCUT2D eigenvalue weighted by atomic mass is 10.1. The first kappa shape index (κ1) is 14.9. The number of aliphatic carboxylic acids is 1. The van der Waals surface area contributed by atoms with Crippen molar-refractivity contribution in [3.8, 4) is 5.75 Å². The van der Waals surface area contributed by atoms with E-state index in [9.17, 15) is 9.69 Å². The van der Waals surface area contributed by atoms with Gasteiger partial charge in [0.1, 0.15) is 11.8 Å². The van der Waals surface area contributed by atoms with Gasteiger partial charge in [-0.25, -0.2) is 5.09 Å². The molecule has 2 unspecified atom stereocenters. The fraction of sp³-hybridized carbons (Fsp3) is 0.154. The van der Waals surface area contributed by atoms with Crippen molar-refractivity contribution in [3.05, 3.63) is 42.5 Å². The van der Waals surface area contributed by atoms with E-state index in [-0.39, 0.29) is 0 Å². The predicted octanol–water partition coefficient (Wildman–Crippen LogP) is 2.50. The lowest BCUT2D eigenvalue weighted by Crippen LogP contribution is -2.32. The summed E-state index contributed by atoms with van der Waals surface area (Å²) in [4.78, 5) is 20.9. The second kappa shape index (κ2) is 5.89. The normalized spacial score (nSPS) is 15.5. The van der Waals surface area contributed by atoms with Crippen LogP contribution in [0.25, 0.3) is 10.8 Å². The second-order valence-electron chi connectivity index (χ2n) is 4.28. The van der Waals surface area contributed by atoms with Gasteiger partial charge >= 0.3 is 12.6 Å². The summed E-state index contributed by atoms with van der Waals surface area (Å²) >= 11 is 4.95. The summed E-state index contributed by atoms with van der Waals surface area (Å²) in [5.74, 6) is -0.672. The standard InChI is InChI=1S/C13H14NO4PS/c1-9(13(15)16)14-19(17,20)18-12-8-4-6-10-5-2-3-7-11(10)12/h2-9H,1H3,(H,15,16)(H2,14,17,20). The molecule has 106 valence electrons. The average Bonchev–Trinajstić information content (AvgIpc) is 2.38. The van der Waals surface area contributed by atoms with Gasteiger partial charge in [0.05, 0.1) is 0 Å². The lowest BCUT2D eigenvalue weighted by molar-refractivity contribution is -0.138. The van der Waals surface area contributed by atoms with Gasteiger partial charge in [0.25, 0.3) is 0 Å². The van der Waals surface area contributed by atoms with Crippen LogP contribution in [0.3, 0.4) is 0 Å². The molecule has 0 fully saturated rings. The van der Waals surface area contributed by atoms with Crippen LogP contribution in [0.15, 0.2) is 42.5 Å². The van der Waals surface area contributed by atoms with Gasteiger partial charge < -0.3 is 14.5 Å². The van der Waals surface area contributed by atoms with Gasteiger partial charge in [-0.05, 0) is 30.2 Å². The summed E-state index contributed by atoms with van der Waals surface area (Å²) in [7, 11) is 0. The Morgan fingerprint density at radius 1 is 1.30 bits per heavy atom. The summed E-state index contributed by atoms with van der Waals surface area (Å²) in [5.41, 5.74) is 0. The highest BCUT2D eigenvalue weighted by Gasteiger charge is 2.23. The Bertz CT molecular complexity index is 686. The highest BCUT2D eigenvalue weighted by molar-refractivity contribution is 8.08. The average molecular weight is 311 g/mol. The molecule has 0 saturated carbocycles. The molecule has 2 atom stereocenters. The summed E-state index contributed by atoms with van der Waals surface area (Å²) < 4.78 is 5.44. The molecule has 0 saturated heterocycles. The van der Waals surface area contributed by atoms with E-state index in [1.54, 1.807) is 12.1 Å². The van der Waals surface area contributed by atoms with Crippen LogP contribution in [-0.2, 0) is 16.6 Å². The first-order valence-corrected chi connectivity index (χ1v) is 8.57. The molecule has 0 aromatic heterocycles. The van der Waals surface area contributed by atoms with Crippen molar-refractivity contribution in [1.82, 2.24) is 5.09 Å². The fourth-order valence-corrected chi connectivity index (χ4v) is 3.53. The number of carbonyl (C=O) groups is 1. The molecule has 0 heterocycles. The van der Waals surface area contributed by atoms with Crippen LogP contribution < -0.4 is 9.61 Å². The Kier molecular flexibility index (Phi) is 4.40. The smallest absolute Gasteiger partial charge is 0.320 e. The van der Waals surface area contributed by atoms with Crippen molar-refractivity contribution in [3.63, 3.8) is 0 Å². The first-order chi connectivity index (χ1) is 9.39. The maximum atomic E-state index is 10.8. The Labute approximate surface area is 121 Å². The molecule has 7 heteroatoms. The molecule has 5 nitrogen and oxygen atoms in total. The molecule has 0 aliphatic carbocycles. The maximum Gasteiger partial charge on any atom is 0.320 e. The summed E-state index contributed by atoms with van der Waals surface area (Å²) in [6, 6.07) is 11.9. The zero-order valence-electron chi connectivity index (χ0n) is 10.7. The number of fused-ring (bicyclic) bond motifs is 1. The minimum atomic E-state index is -3.43. The summed E-state index contributed by atoms with van der Waals surface area (Å²) in [6.45, 7) is -2.03. The number of hydrogen-bond donors (Lipinski definition) is 3. The molecule has 0 radical (unpaired) electrons. The quantitative estimate of drug-likeness (QED) is 0.736. The Morgan fingerprint density at radius 2 is 1.95 bits per heavy atom. The Balaban J connectivity index is 2.27. The molecule has 2 aromatic carbocycles. The van der Waals surface area contributed by atoms with Crippen molar-refractivity contribution in [2.24, 2.45) is 0 Å². The van der Waals surface area contributed by atoms with Crippen LogP contribution in [0.4, 0.5) is 0 Å². The lowest BCUT2D eigenvalue weighted by Gasteiger charge is -2.21. The summed E-state index contributed by atoms with van der Waals surface area (Å²) in [5, 5.41) is 13.0. The van der Waals surface area contributed by atoms with Gasteiger partial charge in [0, 0.05) is 5.39 Å². The largest absolute Gasteiger partial charge is 0.480 e. The van der Waals surface area contributed by atoms with Gasteiger partial charge in [-0.3, -0.25) is 4.79 Å². The van der Waals surface area contributed by atoms with Crippen molar-refractivity contribution in [1.29, 1.82) is 0 Å². The summed E-state index contributed by atoms with van der Waals surface area (Å²) in [6.07, 6.45) is 0. The van der Waals surface area contributed by atoms with Crippen molar-refractivity contribution in [2.45, 2.75) is 13.0 Å². The number of carboxylic acid groups (broad SMARTS) is 1. The molecule has 0 spiro atoms. The minimum absolute atomic E-state index is 0.430. The monoisotopic (exact) mass is 311 g/mol. The third kappa shape index (κ3) is 3.55. The van der Waals surface area contributed by atoms with Gasteiger partial charge in [0.2, 0.25) is 0 Å². The molecule has 0 amide bonds. The van der Waals surface area contributed by atoms with E-state index in [1.165, 1.54) is 6.92 Å². The van der Waals surface area contributed by atoms with Crippen LogP contribution in [-0.4, -0.2) is 22.0 Å². The van der Waals surface area contributed by atoms with Gasteiger partial charge in [-0.1, -0.05) is 36.4 Å². The van der Waals surface area contributed by atoms with Gasteiger partial charge in [0.15, 0.2) is 0 Å². The maximum absolute atomic E-state index is 10.8. The van der Waals surface area contributed by atoms with Crippen molar-refractivity contribution in [2.75, 3.05) is 0 Å². The molecule has 20 heavy (non-hydrogen) atoms. The SMILES string of the molecule is CC(NP(O)(=S)Oc1cccc2ccccc12)C(=O)O. The molecule has 0 aliphatic rings. The predicted molar refractivity (Wildman–Crippen MR) is 81.3 cm³/mol. The van der Waals surface area contributed by atoms with E-state index < -0.39 is 18.7 Å². The van der Waals surface area contributed by atoms with E-state index in [2.05, 4.69) is 5.09 Å². The molecule has 2 aromatic rings. The molecular weight excluding hydrogens is 297 g/mol. The minimum Gasteiger partial charge on any atom is -0.480 e. The highest BCUT2D eigenvalue weighted by atomic mass is 32.5. The molecule has 2 rings (SSSR count). The Hall–Kier alpha value is -1.46. The molecule has 0 bridgehead atoms. The third-order valence-corrected chi connectivity index (χ3v) is 4.40.